The van der Waals surface area contributed by atoms with Crippen LogP contribution in [-0.4, -0.2) is 84.3 Å². The molecule has 0 unspecified atom stereocenters. The molecule has 3 aromatic rings. The van der Waals surface area contributed by atoms with E-state index in [9.17, 15) is 19.6 Å². The van der Waals surface area contributed by atoms with Crippen molar-refractivity contribution < 1.29 is 23.9 Å². The molecule has 11 heteroatoms. The normalized spacial score (nSPS) is 18.5. The van der Waals surface area contributed by atoms with Crippen molar-refractivity contribution in [1.29, 1.82) is 5.26 Å². The van der Waals surface area contributed by atoms with E-state index in [-0.39, 0.29) is 29.1 Å². The van der Waals surface area contributed by atoms with Crippen LogP contribution in [0.2, 0.25) is 0 Å². The second kappa shape index (κ2) is 11.6. The van der Waals surface area contributed by atoms with Crippen LogP contribution in [0.5, 0.6) is 0 Å². The van der Waals surface area contributed by atoms with Crippen molar-refractivity contribution in [2.45, 2.75) is 58.2 Å². The minimum atomic E-state index is -0.600. The van der Waals surface area contributed by atoms with Crippen molar-refractivity contribution in [3.8, 4) is 6.07 Å². The molecule has 1 saturated carbocycles. The maximum atomic E-state index is 13.0. The largest absolute Gasteiger partial charge is 0.464 e. The fraction of sp³-hybridized carbons (Fsp3) is 0.469. The summed E-state index contributed by atoms with van der Waals surface area (Å²) in [6.45, 7) is 10.1. The standard InChI is InChI=1S/C32H38N6O5/c1-20(39)21-7-9-22(10-8-21)36-13-15-37(16-14-36)27-12-11-25-26(19-33)28(30(40)42-6)38(29(25)34-27)24-17-23(18-24)35(5)31(41)43-32(2,3)4/h7-12,23-24H,13-18H2,1-6H3. The van der Waals surface area contributed by atoms with Crippen LogP contribution in [0.25, 0.3) is 11.0 Å². The number of esters is 1. The zero-order chi connectivity index (χ0) is 31.1. The Balaban J connectivity index is 1.39. The van der Waals surface area contributed by atoms with Crippen molar-refractivity contribution in [3.63, 3.8) is 0 Å². The van der Waals surface area contributed by atoms with Crippen molar-refractivity contribution >= 4 is 40.4 Å². The summed E-state index contributed by atoms with van der Waals surface area (Å²) in [7, 11) is 3.02. The third-order valence-electron chi connectivity index (χ3n) is 8.25. The van der Waals surface area contributed by atoms with Gasteiger partial charge in [0.25, 0.3) is 0 Å². The lowest BCUT2D eigenvalue weighted by molar-refractivity contribution is 0.00756. The molecule has 0 atom stereocenters. The highest BCUT2D eigenvalue weighted by molar-refractivity contribution is 6.00. The van der Waals surface area contributed by atoms with Crippen LogP contribution in [-0.2, 0) is 9.47 Å². The minimum Gasteiger partial charge on any atom is -0.464 e. The number of ketones is 1. The number of anilines is 2. The molecule has 2 fully saturated rings. The Morgan fingerprint density at radius 2 is 1.63 bits per heavy atom. The van der Waals surface area contributed by atoms with E-state index in [1.807, 2.05) is 61.7 Å². The van der Waals surface area contributed by atoms with Gasteiger partial charge in [-0.25, -0.2) is 14.6 Å². The number of rotatable bonds is 6. The highest BCUT2D eigenvalue weighted by Crippen LogP contribution is 2.41. The molecule has 0 bridgehead atoms. The molecule has 2 aromatic heterocycles. The van der Waals surface area contributed by atoms with Crippen molar-refractivity contribution in [2.75, 3.05) is 50.1 Å². The van der Waals surface area contributed by atoms with Gasteiger partial charge in [0.05, 0.1) is 12.7 Å². The van der Waals surface area contributed by atoms with Gasteiger partial charge < -0.3 is 28.7 Å². The fourth-order valence-electron chi connectivity index (χ4n) is 5.78. The third-order valence-corrected chi connectivity index (χ3v) is 8.25. The number of ether oxygens (including phenoxy) is 2. The first-order valence-corrected chi connectivity index (χ1v) is 14.5. The lowest BCUT2D eigenvalue weighted by Gasteiger charge is -2.42. The first-order chi connectivity index (χ1) is 20.4. The zero-order valence-electron chi connectivity index (χ0n) is 25.6. The van der Waals surface area contributed by atoms with Gasteiger partial charge in [0.1, 0.15) is 28.8 Å². The van der Waals surface area contributed by atoms with Gasteiger partial charge in [0, 0.05) is 61.9 Å². The number of carbonyl (C=O) groups excluding carboxylic acids is 3. The number of nitriles is 1. The fourth-order valence-corrected chi connectivity index (χ4v) is 5.78. The molecule has 5 rings (SSSR count). The number of benzene rings is 1. The number of hydrogen-bond donors (Lipinski definition) is 0. The molecular weight excluding hydrogens is 548 g/mol. The minimum absolute atomic E-state index is 0.0463. The number of hydrogen-bond acceptors (Lipinski definition) is 9. The van der Waals surface area contributed by atoms with Gasteiger partial charge in [0.15, 0.2) is 5.78 Å². The molecule has 0 radical (unpaired) electrons. The first-order valence-electron chi connectivity index (χ1n) is 14.5. The summed E-state index contributed by atoms with van der Waals surface area (Å²) >= 11 is 0. The highest BCUT2D eigenvalue weighted by atomic mass is 16.6. The molecule has 1 amide bonds. The summed E-state index contributed by atoms with van der Waals surface area (Å²) in [6, 6.07) is 13.4. The van der Waals surface area contributed by atoms with Crippen LogP contribution >= 0.6 is 0 Å². The van der Waals surface area contributed by atoms with Gasteiger partial charge in [-0.15, -0.1) is 0 Å². The van der Waals surface area contributed by atoms with Crippen molar-refractivity contribution in [1.82, 2.24) is 14.5 Å². The van der Waals surface area contributed by atoms with E-state index in [4.69, 9.17) is 14.5 Å². The van der Waals surface area contributed by atoms with E-state index in [0.29, 0.717) is 29.4 Å². The summed E-state index contributed by atoms with van der Waals surface area (Å²) in [5, 5.41) is 10.7. The summed E-state index contributed by atoms with van der Waals surface area (Å²) in [4.78, 5) is 48.3. The van der Waals surface area contributed by atoms with E-state index >= 15 is 0 Å². The van der Waals surface area contributed by atoms with Crippen LogP contribution in [0.4, 0.5) is 16.3 Å². The van der Waals surface area contributed by atoms with Gasteiger partial charge in [-0.2, -0.15) is 5.26 Å². The number of aromatic nitrogens is 2. The van der Waals surface area contributed by atoms with E-state index in [0.717, 1.165) is 37.7 Å². The monoisotopic (exact) mass is 586 g/mol. The Hall–Kier alpha value is -4.59. The van der Waals surface area contributed by atoms with Gasteiger partial charge >= 0.3 is 12.1 Å². The first kappa shape index (κ1) is 29.9. The molecule has 11 nitrogen and oxygen atoms in total. The van der Waals surface area contributed by atoms with Crippen LogP contribution in [0.3, 0.4) is 0 Å². The molecule has 2 aliphatic rings. The van der Waals surface area contributed by atoms with Crippen LogP contribution < -0.4 is 9.80 Å². The molecule has 1 saturated heterocycles. The molecule has 0 N–H and O–H groups in total. The van der Waals surface area contributed by atoms with E-state index in [1.54, 1.807) is 18.9 Å². The quantitative estimate of drug-likeness (QED) is 0.296. The smallest absolute Gasteiger partial charge is 0.410 e. The summed E-state index contributed by atoms with van der Waals surface area (Å²) in [6.07, 6.45) is 0.775. The lowest BCUT2D eigenvalue weighted by atomic mass is 9.85. The lowest BCUT2D eigenvalue weighted by Crippen LogP contribution is -2.48. The Labute approximate surface area is 251 Å². The number of carbonyl (C=O) groups is 3. The molecular formula is C32H38N6O5. The zero-order valence-corrected chi connectivity index (χ0v) is 25.6. The number of methoxy groups -OCH3 is 1. The van der Waals surface area contributed by atoms with E-state index in [1.165, 1.54) is 7.11 Å². The molecule has 43 heavy (non-hydrogen) atoms. The van der Waals surface area contributed by atoms with Gasteiger partial charge in [0.2, 0.25) is 0 Å². The molecule has 3 heterocycles. The maximum Gasteiger partial charge on any atom is 0.410 e. The third kappa shape index (κ3) is 5.87. The van der Waals surface area contributed by atoms with Crippen molar-refractivity contribution in [3.05, 3.63) is 53.2 Å². The van der Waals surface area contributed by atoms with Gasteiger partial charge in [-0.3, -0.25) is 4.79 Å². The molecule has 226 valence electrons. The average molecular weight is 587 g/mol. The molecule has 1 aromatic carbocycles. The highest BCUT2D eigenvalue weighted by Gasteiger charge is 2.40. The van der Waals surface area contributed by atoms with Crippen LogP contribution in [0.15, 0.2) is 36.4 Å². The second-order valence-corrected chi connectivity index (χ2v) is 12.2. The summed E-state index contributed by atoms with van der Waals surface area (Å²) in [5.74, 6) is 0.218. The van der Waals surface area contributed by atoms with Gasteiger partial charge in [-0.05, 0) is 76.9 Å². The van der Waals surface area contributed by atoms with E-state index < -0.39 is 17.7 Å². The number of fused-ring (bicyclic) bond motifs is 1. The molecule has 1 aliphatic heterocycles. The van der Waals surface area contributed by atoms with Gasteiger partial charge in [-0.1, -0.05) is 0 Å². The van der Waals surface area contributed by atoms with Crippen molar-refractivity contribution in [2.24, 2.45) is 0 Å². The topological polar surface area (TPSA) is 121 Å². The molecule has 0 spiro atoms. The summed E-state index contributed by atoms with van der Waals surface area (Å²) < 4.78 is 12.5. The predicted molar refractivity (Wildman–Crippen MR) is 163 cm³/mol. The second-order valence-electron chi connectivity index (χ2n) is 12.2. The molecule has 1 aliphatic carbocycles. The number of Topliss-reactive ketones (excluding diaryl/α,β-unsaturated/α-hetero) is 1. The maximum absolute atomic E-state index is 13.0. The van der Waals surface area contributed by atoms with Crippen LogP contribution in [0.1, 0.15) is 73.0 Å². The Morgan fingerprint density at radius 1 is 1.00 bits per heavy atom. The SMILES string of the molecule is COC(=O)c1c(C#N)c2ccc(N3CCN(c4ccc(C(C)=O)cc4)CC3)nc2n1C1CC(N(C)C(=O)OC(C)(C)C)C1. The van der Waals surface area contributed by atoms with E-state index in [2.05, 4.69) is 15.9 Å². The average Bonchev–Trinajstić information content (AvgIpc) is 3.28. The predicted octanol–water partition coefficient (Wildman–Crippen LogP) is 4.79. The Morgan fingerprint density at radius 3 is 2.19 bits per heavy atom. The number of nitrogens with zero attached hydrogens (tertiary/aromatic N) is 6. The van der Waals surface area contributed by atoms with Crippen LogP contribution in [0, 0.1) is 11.3 Å². The Kier molecular flexibility index (Phi) is 8.06. The number of piperazine rings is 1. The number of pyridine rings is 1. The number of amides is 1. The summed E-state index contributed by atoms with van der Waals surface area (Å²) in [5.41, 5.74) is 2.14. The Bertz CT molecular complexity index is 1590.